The van der Waals surface area contributed by atoms with Crippen LogP contribution in [0.2, 0.25) is 0 Å². The van der Waals surface area contributed by atoms with E-state index in [0.29, 0.717) is 5.56 Å². The highest BCUT2D eigenvalue weighted by Crippen LogP contribution is 2.43. The lowest BCUT2D eigenvalue weighted by molar-refractivity contribution is 0.0723. The van der Waals surface area contributed by atoms with Gasteiger partial charge in [0.2, 0.25) is 0 Å². The fraction of sp³-hybridized carbons (Fsp3) is 0.0909. The third-order valence-electron chi connectivity index (χ3n) is 4.74. The fourth-order valence-electron chi connectivity index (χ4n) is 3.25. The molecule has 0 amide bonds. The summed E-state index contributed by atoms with van der Waals surface area (Å²) in [5.41, 5.74) is 0.290. The molecule has 0 spiro atoms. The molecule has 31 heavy (non-hydrogen) atoms. The predicted molar refractivity (Wildman–Crippen MR) is 105 cm³/mol. The molecule has 158 valence electrons. The van der Waals surface area contributed by atoms with E-state index in [0.717, 1.165) is 18.2 Å². The molecule has 0 aliphatic carbocycles. The minimum absolute atomic E-state index is 0.00789. The Morgan fingerprint density at radius 2 is 1.55 bits per heavy atom. The number of hydrogen-bond acceptors (Lipinski definition) is 9. The van der Waals surface area contributed by atoms with Crippen LogP contribution in [-0.2, 0) is 0 Å². The van der Waals surface area contributed by atoms with Crippen LogP contribution in [-0.4, -0.2) is 37.3 Å². The Morgan fingerprint density at radius 1 is 0.903 bits per heavy atom. The smallest absolute Gasteiger partial charge is 0.343 e. The lowest BCUT2D eigenvalue weighted by Crippen LogP contribution is -2.22. The molecule has 1 heterocycles. The van der Waals surface area contributed by atoms with Crippen LogP contribution >= 0.6 is 0 Å². The molecule has 0 aromatic heterocycles. The Labute approximate surface area is 175 Å². The maximum absolute atomic E-state index is 12.8. The van der Waals surface area contributed by atoms with E-state index >= 15 is 0 Å². The molecule has 1 atom stereocenters. The van der Waals surface area contributed by atoms with E-state index in [1.807, 2.05) is 0 Å². The van der Waals surface area contributed by atoms with Gasteiger partial charge in [0.05, 0.1) is 12.0 Å². The zero-order valence-corrected chi connectivity index (χ0v) is 15.8. The maximum atomic E-state index is 12.8. The van der Waals surface area contributed by atoms with E-state index in [9.17, 15) is 35.1 Å². The molecular weight excluding hydrogens is 408 g/mol. The van der Waals surface area contributed by atoms with Crippen molar-refractivity contribution in [2.75, 3.05) is 0 Å². The summed E-state index contributed by atoms with van der Waals surface area (Å²) in [6.07, 6.45) is -0.745. The zero-order valence-electron chi connectivity index (χ0n) is 15.8. The predicted octanol–water partition coefficient (Wildman–Crippen LogP) is 3.14. The number of fused-ring (bicyclic) bond motifs is 1. The third-order valence-corrected chi connectivity index (χ3v) is 4.74. The van der Waals surface area contributed by atoms with Crippen molar-refractivity contribution >= 4 is 11.8 Å². The molecule has 4 rings (SSSR count). The molecule has 0 saturated heterocycles. The Bertz CT molecular complexity index is 1180. The first-order valence-corrected chi connectivity index (χ1v) is 9.06. The normalized spacial score (nSPS) is 15.1. The highest BCUT2D eigenvalue weighted by molar-refractivity contribution is 6.04. The Hall–Kier alpha value is -4.40. The molecule has 3 aromatic rings. The lowest BCUT2D eigenvalue weighted by Gasteiger charge is -2.27. The molecule has 0 saturated carbocycles. The highest BCUT2D eigenvalue weighted by Gasteiger charge is 2.32. The standard InChI is InChI=1S/C22H16O9/c23-12-3-1-10(2-4-12)17-9-14(25)20-18(30-17)7-13(24)8-19(20)31-22(29)11-5-15(26)21(28)16(27)6-11/h1-8,17,23-24,26-28H,9H2/t17-/m0/s1. The minimum Gasteiger partial charge on any atom is -0.508 e. The first-order chi connectivity index (χ1) is 14.7. The van der Waals surface area contributed by atoms with Gasteiger partial charge in [-0.3, -0.25) is 4.79 Å². The second-order valence-electron chi connectivity index (χ2n) is 6.89. The first-order valence-electron chi connectivity index (χ1n) is 9.06. The number of esters is 1. The van der Waals surface area contributed by atoms with Crippen molar-refractivity contribution in [1.29, 1.82) is 0 Å². The van der Waals surface area contributed by atoms with Crippen molar-refractivity contribution in [3.8, 4) is 40.2 Å². The molecule has 9 nitrogen and oxygen atoms in total. The van der Waals surface area contributed by atoms with Crippen LogP contribution in [0.1, 0.15) is 38.8 Å². The summed E-state index contributed by atoms with van der Waals surface area (Å²) >= 11 is 0. The Kier molecular flexibility index (Phi) is 4.78. The van der Waals surface area contributed by atoms with Crippen LogP contribution < -0.4 is 9.47 Å². The molecule has 0 radical (unpaired) electrons. The van der Waals surface area contributed by atoms with E-state index in [1.54, 1.807) is 12.1 Å². The lowest BCUT2D eigenvalue weighted by atomic mass is 9.95. The van der Waals surface area contributed by atoms with Crippen LogP contribution in [0, 0.1) is 0 Å². The summed E-state index contributed by atoms with van der Waals surface area (Å²) in [4.78, 5) is 25.3. The summed E-state index contributed by atoms with van der Waals surface area (Å²) in [5.74, 6) is -4.24. The SMILES string of the molecule is O=C(Oc1cc(O)cc2c1C(=O)C[C@@H](c1ccc(O)cc1)O2)c1cc(O)c(O)c(O)c1. The summed E-state index contributed by atoms with van der Waals surface area (Å²) < 4.78 is 11.0. The molecule has 0 bridgehead atoms. The van der Waals surface area contributed by atoms with Gasteiger partial charge in [0, 0.05) is 12.1 Å². The van der Waals surface area contributed by atoms with Crippen molar-refractivity contribution < 1.29 is 44.6 Å². The largest absolute Gasteiger partial charge is 0.508 e. The number of carbonyl (C=O) groups excluding carboxylic acids is 2. The average Bonchev–Trinajstić information content (AvgIpc) is 2.71. The van der Waals surface area contributed by atoms with Gasteiger partial charge in [-0.2, -0.15) is 0 Å². The summed E-state index contributed by atoms with van der Waals surface area (Å²) in [6, 6.07) is 10.2. The van der Waals surface area contributed by atoms with Gasteiger partial charge in [-0.05, 0) is 29.8 Å². The summed E-state index contributed by atoms with van der Waals surface area (Å²) in [6.45, 7) is 0. The van der Waals surface area contributed by atoms with Crippen molar-refractivity contribution in [3.05, 3.63) is 65.2 Å². The Morgan fingerprint density at radius 3 is 2.19 bits per heavy atom. The molecule has 9 heteroatoms. The van der Waals surface area contributed by atoms with Gasteiger partial charge in [0.25, 0.3) is 0 Å². The average molecular weight is 424 g/mol. The van der Waals surface area contributed by atoms with Crippen LogP contribution in [0.5, 0.6) is 40.2 Å². The van der Waals surface area contributed by atoms with E-state index in [1.165, 1.54) is 18.2 Å². The van der Waals surface area contributed by atoms with Gasteiger partial charge in [-0.25, -0.2) is 4.79 Å². The third kappa shape index (κ3) is 3.76. The molecule has 5 N–H and O–H groups in total. The van der Waals surface area contributed by atoms with Gasteiger partial charge in [-0.15, -0.1) is 0 Å². The fourth-order valence-corrected chi connectivity index (χ4v) is 3.25. The second kappa shape index (κ2) is 7.45. The number of carbonyl (C=O) groups is 2. The highest BCUT2D eigenvalue weighted by atomic mass is 16.5. The molecule has 3 aromatic carbocycles. The molecule has 0 unspecified atom stereocenters. The molecule has 1 aliphatic rings. The monoisotopic (exact) mass is 424 g/mol. The van der Waals surface area contributed by atoms with Gasteiger partial charge in [0.1, 0.15) is 34.7 Å². The van der Waals surface area contributed by atoms with E-state index < -0.39 is 35.1 Å². The van der Waals surface area contributed by atoms with Gasteiger partial charge < -0.3 is 35.0 Å². The minimum atomic E-state index is -1.05. The number of aromatic hydroxyl groups is 5. The van der Waals surface area contributed by atoms with E-state index in [-0.39, 0.29) is 40.5 Å². The van der Waals surface area contributed by atoms with Crippen LogP contribution in [0.15, 0.2) is 48.5 Å². The second-order valence-corrected chi connectivity index (χ2v) is 6.89. The van der Waals surface area contributed by atoms with Gasteiger partial charge >= 0.3 is 5.97 Å². The van der Waals surface area contributed by atoms with Gasteiger partial charge in [-0.1, -0.05) is 12.1 Å². The van der Waals surface area contributed by atoms with Crippen molar-refractivity contribution in [2.45, 2.75) is 12.5 Å². The maximum Gasteiger partial charge on any atom is 0.343 e. The number of Topliss-reactive ketones (excluding diaryl/α,β-unsaturated/α-hetero) is 1. The summed E-state index contributed by atoms with van der Waals surface area (Å²) in [5, 5.41) is 48.0. The number of ether oxygens (including phenoxy) is 2. The van der Waals surface area contributed by atoms with Crippen molar-refractivity contribution in [2.24, 2.45) is 0 Å². The number of benzene rings is 3. The van der Waals surface area contributed by atoms with Crippen LogP contribution in [0.25, 0.3) is 0 Å². The van der Waals surface area contributed by atoms with Crippen LogP contribution in [0.4, 0.5) is 0 Å². The Balaban J connectivity index is 1.66. The van der Waals surface area contributed by atoms with Gasteiger partial charge in [0.15, 0.2) is 23.0 Å². The van der Waals surface area contributed by atoms with E-state index in [4.69, 9.17) is 9.47 Å². The number of ketones is 1. The van der Waals surface area contributed by atoms with Crippen molar-refractivity contribution in [3.63, 3.8) is 0 Å². The topological polar surface area (TPSA) is 154 Å². The molecule has 0 fully saturated rings. The summed E-state index contributed by atoms with van der Waals surface area (Å²) in [7, 11) is 0. The zero-order chi connectivity index (χ0) is 22.3. The van der Waals surface area contributed by atoms with Crippen LogP contribution in [0.3, 0.4) is 0 Å². The quantitative estimate of drug-likeness (QED) is 0.242. The number of rotatable bonds is 3. The molecule has 1 aliphatic heterocycles. The van der Waals surface area contributed by atoms with E-state index in [2.05, 4.69) is 0 Å². The molecular formula is C22H16O9. The number of hydrogen-bond donors (Lipinski definition) is 5. The number of phenolic OH excluding ortho intramolecular Hbond substituents is 5. The van der Waals surface area contributed by atoms with Crippen molar-refractivity contribution in [1.82, 2.24) is 0 Å². The first kappa shape index (κ1) is 19.9. The number of phenols is 5.